The van der Waals surface area contributed by atoms with Crippen LogP contribution >= 0.6 is 12.2 Å². The predicted octanol–water partition coefficient (Wildman–Crippen LogP) is 1.33. The average Bonchev–Trinajstić information content (AvgIpc) is 2.25. The van der Waals surface area contributed by atoms with Crippen LogP contribution in [0.1, 0.15) is 33.6 Å². The van der Waals surface area contributed by atoms with Gasteiger partial charge in [0.05, 0.1) is 10.6 Å². The van der Waals surface area contributed by atoms with Crippen LogP contribution in [0.25, 0.3) is 0 Å². The zero-order valence-corrected chi connectivity index (χ0v) is 11.7. The summed E-state index contributed by atoms with van der Waals surface area (Å²) in [6.07, 6.45) is 1.95. The minimum Gasteiger partial charge on any atom is -0.393 e. The largest absolute Gasteiger partial charge is 0.393 e. The van der Waals surface area contributed by atoms with Crippen molar-refractivity contribution in [2.75, 3.05) is 19.7 Å². The van der Waals surface area contributed by atoms with Gasteiger partial charge in [0.2, 0.25) is 5.91 Å². The fourth-order valence-electron chi connectivity index (χ4n) is 1.81. The second-order valence-corrected chi connectivity index (χ2v) is 5.95. The Labute approximate surface area is 108 Å². The number of carbonyl (C=O) groups is 1. The topological polar surface area (TPSA) is 55.6 Å². The van der Waals surface area contributed by atoms with E-state index >= 15 is 0 Å². The summed E-state index contributed by atoms with van der Waals surface area (Å²) in [6.45, 7) is 7.37. The van der Waals surface area contributed by atoms with Crippen molar-refractivity contribution in [3.05, 3.63) is 0 Å². The number of ether oxygens (including phenoxy) is 1. The molecular weight excluding hydrogens is 236 g/mol. The normalized spacial score (nSPS) is 21.4. The van der Waals surface area contributed by atoms with Gasteiger partial charge in [-0.1, -0.05) is 12.2 Å². The minimum absolute atomic E-state index is 0.0286. The van der Waals surface area contributed by atoms with Crippen molar-refractivity contribution in [1.29, 1.82) is 0 Å². The van der Waals surface area contributed by atoms with Crippen molar-refractivity contribution >= 4 is 23.1 Å². The molecule has 0 aromatic carbocycles. The first-order valence-electron chi connectivity index (χ1n) is 6.00. The van der Waals surface area contributed by atoms with Gasteiger partial charge in [0, 0.05) is 19.0 Å². The molecule has 0 aromatic heterocycles. The highest BCUT2D eigenvalue weighted by atomic mass is 32.1. The van der Waals surface area contributed by atoms with Crippen LogP contribution < -0.4 is 5.73 Å². The molecule has 1 amide bonds. The zero-order chi connectivity index (χ0) is 13.1. The molecule has 1 fully saturated rings. The summed E-state index contributed by atoms with van der Waals surface area (Å²) in [4.78, 5) is 14.2. The molecule has 1 aliphatic heterocycles. The van der Waals surface area contributed by atoms with Crippen LogP contribution in [0.3, 0.4) is 0 Å². The average molecular weight is 258 g/mol. The van der Waals surface area contributed by atoms with Gasteiger partial charge in [0.25, 0.3) is 0 Å². The SMILES string of the molecule is CC(C)(C)OCC(=O)N1CCCC(C(N)=S)C1. The molecule has 4 nitrogen and oxygen atoms in total. The Morgan fingerprint density at radius 2 is 2.18 bits per heavy atom. The molecule has 1 atom stereocenters. The molecule has 1 aliphatic rings. The zero-order valence-electron chi connectivity index (χ0n) is 10.9. The number of piperidine rings is 1. The van der Waals surface area contributed by atoms with E-state index in [-0.39, 0.29) is 24.0 Å². The van der Waals surface area contributed by atoms with E-state index in [0.29, 0.717) is 11.5 Å². The van der Waals surface area contributed by atoms with Crippen molar-refractivity contribution in [3.63, 3.8) is 0 Å². The van der Waals surface area contributed by atoms with E-state index in [0.717, 1.165) is 19.4 Å². The lowest BCUT2D eigenvalue weighted by atomic mass is 9.98. The molecular formula is C12H22N2O2S. The van der Waals surface area contributed by atoms with Crippen LogP contribution in [-0.4, -0.2) is 41.1 Å². The molecule has 0 radical (unpaired) electrons. The lowest BCUT2D eigenvalue weighted by molar-refractivity contribution is -0.142. The van der Waals surface area contributed by atoms with Crippen molar-refractivity contribution in [3.8, 4) is 0 Å². The summed E-state index contributed by atoms with van der Waals surface area (Å²) >= 11 is 4.99. The van der Waals surface area contributed by atoms with Crippen LogP contribution in [0, 0.1) is 5.92 Å². The van der Waals surface area contributed by atoms with Crippen LogP contribution in [-0.2, 0) is 9.53 Å². The highest BCUT2D eigenvalue weighted by Gasteiger charge is 2.26. The number of likely N-dealkylation sites (tertiary alicyclic amines) is 1. The first kappa shape index (κ1) is 14.4. The molecule has 0 aliphatic carbocycles. The van der Waals surface area contributed by atoms with Gasteiger partial charge in [0.1, 0.15) is 6.61 Å². The van der Waals surface area contributed by atoms with Crippen LogP contribution in [0.5, 0.6) is 0 Å². The van der Waals surface area contributed by atoms with E-state index in [2.05, 4.69) is 0 Å². The number of rotatable bonds is 3. The smallest absolute Gasteiger partial charge is 0.248 e. The molecule has 98 valence electrons. The summed E-state index contributed by atoms with van der Waals surface area (Å²) in [5.41, 5.74) is 5.35. The molecule has 1 saturated heterocycles. The first-order valence-corrected chi connectivity index (χ1v) is 6.41. The molecule has 1 heterocycles. The van der Waals surface area contributed by atoms with Gasteiger partial charge in [0.15, 0.2) is 0 Å². The Balaban J connectivity index is 2.44. The molecule has 0 bridgehead atoms. The van der Waals surface area contributed by atoms with Gasteiger partial charge < -0.3 is 15.4 Å². The summed E-state index contributed by atoms with van der Waals surface area (Å²) in [5, 5.41) is 0. The van der Waals surface area contributed by atoms with E-state index < -0.39 is 0 Å². The van der Waals surface area contributed by atoms with E-state index in [4.69, 9.17) is 22.7 Å². The van der Waals surface area contributed by atoms with E-state index in [1.54, 1.807) is 4.90 Å². The van der Waals surface area contributed by atoms with Gasteiger partial charge in [-0.2, -0.15) is 0 Å². The first-order chi connectivity index (χ1) is 7.79. The van der Waals surface area contributed by atoms with Crippen LogP contribution in [0.15, 0.2) is 0 Å². The number of carbonyl (C=O) groups excluding carboxylic acids is 1. The molecule has 17 heavy (non-hydrogen) atoms. The number of hydrogen-bond acceptors (Lipinski definition) is 3. The summed E-state index contributed by atoms with van der Waals surface area (Å²) < 4.78 is 5.48. The third-order valence-corrected chi connectivity index (χ3v) is 3.14. The van der Waals surface area contributed by atoms with Crippen LogP contribution in [0.2, 0.25) is 0 Å². The third-order valence-electron chi connectivity index (χ3n) is 2.81. The highest BCUT2D eigenvalue weighted by Crippen LogP contribution is 2.17. The van der Waals surface area contributed by atoms with Crippen molar-refractivity contribution in [2.45, 2.75) is 39.2 Å². The summed E-state index contributed by atoms with van der Waals surface area (Å²) in [7, 11) is 0. The highest BCUT2D eigenvalue weighted by molar-refractivity contribution is 7.80. The number of thiocarbonyl (C=S) groups is 1. The molecule has 5 heteroatoms. The lowest BCUT2D eigenvalue weighted by Crippen LogP contribution is -2.45. The fourth-order valence-corrected chi connectivity index (χ4v) is 2.00. The molecule has 0 spiro atoms. The Morgan fingerprint density at radius 3 is 2.71 bits per heavy atom. The maximum atomic E-state index is 11.9. The minimum atomic E-state index is -0.284. The lowest BCUT2D eigenvalue weighted by Gasteiger charge is -2.33. The van der Waals surface area contributed by atoms with Gasteiger partial charge >= 0.3 is 0 Å². The molecule has 2 N–H and O–H groups in total. The van der Waals surface area contributed by atoms with Crippen molar-refractivity contribution in [2.24, 2.45) is 11.7 Å². The predicted molar refractivity (Wildman–Crippen MR) is 71.8 cm³/mol. The molecule has 1 unspecified atom stereocenters. The monoisotopic (exact) mass is 258 g/mol. The maximum Gasteiger partial charge on any atom is 0.248 e. The number of nitrogens with two attached hydrogens (primary N) is 1. The number of nitrogens with zero attached hydrogens (tertiary/aromatic N) is 1. The van der Waals surface area contributed by atoms with Gasteiger partial charge in [-0.25, -0.2) is 0 Å². The Kier molecular flexibility index (Phi) is 4.89. The number of hydrogen-bond donors (Lipinski definition) is 1. The maximum absolute atomic E-state index is 11.9. The summed E-state index contributed by atoms with van der Waals surface area (Å²) in [6, 6.07) is 0. The number of amides is 1. The van der Waals surface area contributed by atoms with Crippen molar-refractivity contribution in [1.82, 2.24) is 4.90 Å². The molecule has 0 saturated carbocycles. The fraction of sp³-hybridized carbons (Fsp3) is 0.833. The molecule has 1 rings (SSSR count). The quantitative estimate of drug-likeness (QED) is 0.776. The van der Waals surface area contributed by atoms with Gasteiger partial charge in [-0.15, -0.1) is 0 Å². The standard InChI is InChI=1S/C12H22N2O2S/c1-12(2,3)16-8-10(15)14-6-4-5-9(7-14)11(13)17/h9H,4-8H2,1-3H3,(H2,13,17). The van der Waals surface area contributed by atoms with E-state index in [1.807, 2.05) is 20.8 Å². The third kappa shape index (κ3) is 5.00. The summed E-state index contributed by atoms with van der Waals surface area (Å²) in [5.74, 6) is 0.193. The second kappa shape index (κ2) is 5.78. The van der Waals surface area contributed by atoms with E-state index in [9.17, 15) is 4.79 Å². The van der Waals surface area contributed by atoms with Crippen molar-refractivity contribution < 1.29 is 9.53 Å². The van der Waals surface area contributed by atoms with Gasteiger partial charge in [-0.05, 0) is 33.6 Å². The van der Waals surface area contributed by atoms with Gasteiger partial charge in [-0.3, -0.25) is 4.79 Å². The van der Waals surface area contributed by atoms with Crippen LogP contribution in [0.4, 0.5) is 0 Å². The Hall–Kier alpha value is -0.680. The van der Waals surface area contributed by atoms with E-state index in [1.165, 1.54) is 0 Å². The molecule has 0 aromatic rings. The Bertz CT molecular complexity index is 299. The Morgan fingerprint density at radius 1 is 1.53 bits per heavy atom. The second-order valence-electron chi connectivity index (χ2n) is 5.48.